The van der Waals surface area contributed by atoms with E-state index in [1.807, 2.05) is 0 Å². The molecule has 0 spiro atoms. The molecule has 0 saturated heterocycles. The van der Waals surface area contributed by atoms with Crippen molar-refractivity contribution < 1.29 is 38.2 Å². The molecule has 0 radical (unpaired) electrons. The summed E-state index contributed by atoms with van der Waals surface area (Å²) in [4.78, 5) is 69.3. The van der Waals surface area contributed by atoms with Crippen molar-refractivity contribution >= 4 is 47.3 Å². The average molecular weight is 534 g/mol. The molecule has 0 atom stereocenters. The van der Waals surface area contributed by atoms with Crippen molar-refractivity contribution in [1.82, 2.24) is 15.5 Å². The summed E-state index contributed by atoms with van der Waals surface area (Å²) in [7, 11) is 1.50. The Morgan fingerprint density at radius 2 is 1.53 bits per heavy atom. The van der Waals surface area contributed by atoms with Crippen molar-refractivity contribution in [3.05, 3.63) is 23.8 Å². The Balaban J connectivity index is 2.46. The van der Waals surface area contributed by atoms with Crippen LogP contribution < -0.4 is 15.5 Å². The van der Waals surface area contributed by atoms with Crippen molar-refractivity contribution in [3.8, 4) is 0 Å². The number of amides is 4. The topological polar surface area (TPSA) is 156 Å². The number of ether oxygens (including phenoxy) is 3. The standard InChI is InChI=1S/C25H35N5O8/c1-9-36-19(32)14-30-13-18(31)29(8)17-11-10-15(12-16(17)20(30)33)26-21(27-22(34)37-24(2,3)4)28-23(35)38-25(5,6)7/h10-12H,9,13-14H2,1-8H3,(H2,26,27,28,34,35). The zero-order valence-electron chi connectivity index (χ0n) is 23.0. The highest BCUT2D eigenvalue weighted by Gasteiger charge is 2.31. The fourth-order valence-electron chi connectivity index (χ4n) is 3.21. The van der Waals surface area contributed by atoms with E-state index >= 15 is 0 Å². The van der Waals surface area contributed by atoms with Gasteiger partial charge in [-0.2, -0.15) is 0 Å². The molecule has 2 N–H and O–H groups in total. The van der Waals surface area contributed by atoms with E-state index in [4.69, 9.17) is 14.2 Å². The highest BCUT2D eigenvalue weighted by molar-refractivity contribution is 6.11. The number of rotatable bonds is 4. The van der Waals surface area contributed by atoms with E-state index in [9.17, 15) is 24.0 Å². The predicted octanol–water partition coefficient (Wildman–Crippen LogP) is 2.71. The minimum Gasteiger partial charge on any atom is -0.465 e. The molecule has 2 rings (SSSR count). The van der Waals surface area contributed by atoms with Crippen LogP contribution in [0.4, 0.5) is 21.0 Å². The van der Waals surface area contributed by atoms with Gasteiger partial charge in [0.25, 0.3) is 5.91 Å². The van der Waals surface area contributed by atoms with Crippen molar-refractivity contribution in [2.75, 3.05) is 31.6 Å². The molecule has 13 nitrogen and oxygen atoms in total. The molecule has 208 valence electrons. The van der Waals surface area contributed by atoms with Gasteiger partial charge in [0.15, 0.2) is 0 Å². The summed E-state index contributed by atoms with van der Waals surface area (Å²) in [6.45, 7) is 11.0. The summed E-state index contributed by atoms with van der Waals surface area (Å²) < 4.78 is 15.4. The Morgan fingerprint density at radius 1 is 0.974 bits per heavy atom. The number of fused-ring (bicyclic) bond motifs is 1. The quantitative estimate of drug-likeness (QED) is 0.259. The van der Waals surface area contributed by atoms with Crippen LogP contribution in [0.25, 0.3) is 0 Å². The second-order valence-corrected chi connectivity index (χ2v) is 10.3. The summed E-state index contributed by atoms with van der Waals surface area (Å²) in [5, 5.41) is 4.73. The molecule has 13 heteroatoms. The molecular formula is C25H35N5O8. The van der Waals surface area contributed by atoms with Crippen molar-refractivity contribution in [3.63, 3.8) is 0 Å². The predicted molar refractivity (Wildman–Crippen MR) is 138 cm³/mol. The van der Waals surface area contributed by atoms with Gasteiger partial charge in [-0.3, -0.25) is 25.0 Å². The maximum Gasteiger partial charge on any atom is 0.414 e. The van der Waals surface area contributed by atoms with Crippen molar-refractivity contribution in [2.45, 2.75) is 59.7 Å². The van der Waals surface area contributed by atoms with E-state index in [2.05, 4.69) is 15.6 Å². The van der Waals surface area contributed by atoms with E-state index in [0.717, 1.165) is 4.90 Å². The molecule has 0 saturated carbocycles. The van der Waals surface area contributed by atoms with Gasteiger partial charge in [-0.15, -0.1) is 0 Å². The van der Waals surface area contributed by atoms with Crippen LogP contribution in [-0.2, 0) is 23.8 Å². The molecule has 1 aliphatic rings. The van der Waals surface area contributed by atoms with Crippen LogP contribution in [0.5, 0.6) is 0 Å². The normalized spacial score (nSPS) is 13.7. The van der Waals surface area contributed by atoms with Crippen LogP contribution >= 0.6 is 0 Å². The molecule has 0 aromatic heterocycles. The lowest BCUT2D eigenvalue weighted by atomic mass is 10.1. The van der Waals surface area contributed by atoms with Crippen molar-refractivity contribution in [2.24, 2.45) is 4.99 Å². The van der Waals surface area contributed by atoms with E-state index in [0.29, 0.717) is 5.69 Å². The summed E-state index contributed by atoms with van der Waals surface area (Å²) >= 11 is 0. The van der Waals surface area contributed by atoms with Crippen LogP contribution in [0.1, 0.15) is 58.8 Å². The largest absolute Gasteiger partial charge is 0.465 e. The van der Waals surface area contributed by atoms with Crippen LogP contribution in [0.15, 0.2) is 23.2 Å². The SMILES string of the molecule is CCOC(=O)CN1CC(=O)N(C)c2ccc(N=C(NC(=O)OC(C)(C)C)NC(=O)OC(C)(C)C)cc2C1=O. The number of benzene rings is 1. The van der Waals surface area contributed by atoms with Crippen LogP contribution in [0, 0.1) is 0 Å². The average Bonchev–Trinajstić information content (AvgIpc) is 2.82. The minimum absolute atomic E-state index is 0.0813. The van der Waals surface area contributed by atoms with Gasteiger partial charge in [0.1, 0.15) is 24.3 Å². The Morgan fingerprint density at radius 3 is 2.03 bits per heavy atom. The zero-order valence-corrected chi connectivity index (χ0v) is 23.0. The fraction of sp³-hybridized carbons (Fsp3) is 0.520. The number of aliphatic imine (C=N–C) groups is 1. The Kier molecular flexibility index (Phi) is 9.43. The Bertz CT molecular complexity index is 1100. The number of anilines is 1. The van der Waals surface area contributed by atoms with Gasteiger partial charge in [0.2, 0.25) is 11.9 Å². The Labute approximate surface area is 221 Å². The molecule has 1 aromatic rings. The van der Waals surface area contributed by atoms with Crippen LogP contribution in [-0.4, -0.2) is 78.8 Å². The Hall–Kier alpha value is -4.16. The maximum atomic E-state index is 13.3. The molecule has 0 aliphatic carbocycles. The molecule has 1 aliphatic heterocycles. The fourth-order valence-corrected chi connectivity index (χ4v) is 3.21. The molecule has 0 bridgehead atoms. The van der Waals surface area contributed by atoms with E-state index in [1.54, 1.807) is 48.5 Å². The number of carbonyl (C=O) groups excluding carboxylic acids is 5. The highest BCUT2D eigenvalue weighted by Crippen LogP contribution is 2.29. The minimum atomic E-state index is -0.885. The monoisotopic (exact) mass is 533 g/mol. The number of likely N-dealkylation sites (N-methyl/N-ethyl adjacent to an activating group) is 1. The summed E-state index contributed by atoms with van der Waals surface area (Å²) in [6, 6.07) is 4.36. The van der Waals surface area contributed by atoms with Gasteiger partial charge < -0.3 is 24.0 Å². The van der Waals surface area contributed by atoms with E-state index in [-0.39, 0.29) is 30.4 Å². The van der Waals surface area contributed by atoms with Gasteiger partial charge in [-0.1, -0.05) is 0 Å². The second kappa shape index (κ2) is 11.9. The number of hydrogen-bond acceptors (Lipinski definition) is 9. The van der Waals surface area contributed by atoms with Gasteiger partial charge >= 0.3 is 18.2 Å². The second-order valence-electron chi connectivity index (χ2n) is 10.3. The van der Waals surface area contributed by atoms with Gasteiger partial charge in [-0.05, 0) is 66.7 Å². The lowest BCUT2D eigenvalue weighted by Crippen LogP contribution is -2.47. The van der Waals surface area contributed by atoms with Crippen LogP contribution in [0.2, 0.25) is 0 Å². The molecule has 1 aromatic carbocycles. The van der Waals surface area contributed by atoms with E-state index < -0.39 is 47.7 Å². The van der Waals surface area contributed by atoms with Gasteiger partial charge in [0, 0.05) is 7.05 Å². The number of guanidine groups is 1. The summed E-state index contributed by atoms with van der Waals surface area (Å²) in [5.41, 5.74) is -1.11. The molecule has 0 fully saturated rings. The summed E-state index contributed by atoms with van der Waals surface area (Å²) in [6.07, 6.45) is -1.77. The molecule has 38 heavy (non-hydrogen) atoms. The molecular weight excluding hydrogens is 498 g/mol. The summed E-state index contributed by atoms with van der Waals surface area (Å²) in [5.74, 6) is -1.97. The first-order chi connectivity index (χ1) is 17.5. The van der Waals surface area contributed by atoms with Crippen molar-refractivity contribution in [1.29, 1.82) is 0 Å². The first-order valence-corrected chi connectivity index (χ1v) is 11.9. The lowest BCUT2D eigenvalue weighted by Gasteiger charge is -2.22. The first-order valence-electron chi connectivity index (χ1n) is 11.9. The number of nitrogens with one attached hydrogen (secondary N) is 2. The number of carbonyl (C=O) groups is 5. The lowest BCUT2D eigenvalue weighted by molar-refractivity contribution is -0.144. The first kappa shape index (κ1) is 30.1. The number of nitrogens with zero attached hydrogens (tertiary/aromatic N) is 3. The smallest absolute Gasteiger partial charge is 0.414 e. The third-order valence-corrected chi connectivity index (χ3v) is 4.66. The molecule has 4 amide bonds. The molecule has 0 unspecified atom stereocenters. The number of hydrogen-bond donors (Lipinski definition) is 2. The maximum absolute atomic E-state index is 13.3. The van der Waals surface area contributed by atoms with E-state index in [1.165, 1.54) is 30.1 Å². The van der Waals surface area contributed by atoms with Gasteiger partial charge in [-0.25, -0.2) is 14.6 Å². The number of alkyl carbamates (subject to hydrolysis) is 2. The zero-order chi connectivity index (χ0) is 28.8. The third-order valence-electron chi connectivity index (χ3n) is 4.66. The third kappa shape index (κ3) is 9.05. The number of esters is 1. The highest BCUT2D eigenvalue weighted by atomic mass is 16.6. The molecule has 1 heterocycles. The van der Waals surface area contributed by atoms with Crippen LogP contribution in [0.3, 0.4) is 0 Å². The van der Waals surface area contributed by atoms with Gasteiger partial charge in [0.05, 0.1) is 23.5 Å².